The Hall–Kier alpha value is -3.48. The number of hydrogen-bond donors (Lipinski definition) is 1. The summed E-state index contributed by atoms with van der Waals surface area (Å²) in [5.74, 6) is 2.04. The lowest BCUT2D eigenvalue weighted by Gasteiger charge is -2.23. The Morgan fingerprint density at radius 3 is 2.58 bits per heavy atom. The van der Waals surface area contributed by atoms with Gasteiger partial charge in [0.25, 0.3) is 0 Å². The van der Waals surface area contributed by atoms with Crippen molar-refractivity contribution in [2.75, 3.05) is 12.0 Å². The number of ether oxygens (including phenoxy) is 2. The van der Waals surface area contributed by atoms with Crippen molar-refractivity contribution in [1.82, 2.24) is 4.98 Å². The van der Waals surface area contributed by atoms with Crippen molar-refractivity contribution in [2.24, 2.45) is 5.73 Å². The summed E-state index contributed by atoms with van der Waals surface area (Å²) in [6, 6.07) is 27.9. The lowest BCUT2D eigenvalue weighted by molar-refractivity contribution is 0.415. The molecule has 1 aliphatic rings. The standard InChI is InChI=1S/C25H21N3O2S/c1-29-20-7-4-6-17(16-20)21-8-5-15-27-24(21)30-19-13-11-18(12-14-19)28-22-9-2-3-10-23(22)31-25(28)26/h2-16,25H,26H2,1H3. The predicted molar refractivity (Wildman–Crippen MR) is 125 cm³/mol. The minimum atomic E-state index is -0.153. The summed E-state index contributed by atoms with van der Waals surface area (Å²) in [5, 5.41) is 0. The van der Waals surface area contributed by atoms with E-state index in [1.165, 1.54) is 4.90 Å². The SMILES string of the molecule is COc1cccc(-c2cccnc2Oc2ccc(N3c4ccccc4SC3N)cc2)c1. The molecule has 0 aliphatic carbocycles. The molecule has 31 heavy (non-hydrogen) atoms. The first-order chi connectivity index (χ1) is 15.2. The molecule has 5 nitrogen and oxygen atoms in total. The summed E-state index contributed by atoms with van der Waals surface area (Å²) < 4.78 is 11.5. The minimum absolute atomic E-state index is 0.153. The van der Waals surface area contributed by atoms with Crippen molar-refractivity contribution in [3.8, 4) is 28.5 Å². The van der Waals surface area contributed by atoms with E-state index in [2.05, 4.69) is 22.0 Å². The molecule has 3 aromatic carbocycles. The minimum Gasteiger partial charge on any atom is -0.497 e. The summed E-state index contributed by atoms with van der Waals surface area (Å²) in [5.41, 5.74) is 10.2. The Kier molecular flexibility index (Phi) is 5.24. The first-order valence-corrected chi connectivity index (χ1v) is 10.8. The molecule has 4 aromatic rings. The number of benzene rings is 3. The number of aromatic nitrogens is 1. The van der Waals surface area contributed by atoms with E-state index in [1.807, 2.05) is 72.8 Å². The number of hydrogen-bond acceptors (Lipinski definition) is 6. The third-order valence-corrected chi connectivity index (χ3v) is 6.16. The van der Waals surface area contributed by atoms with Crippen LogP contribution >= 0.6 is 11.8 Å². The normalized spacial score (nSPS) is 14.9. The second-order valence-corrected chi connectivity index (χ2v) is 8.19. The van der Waals surface area contributed by atoms with Crippen LogP contribution in [-0.2, 0) is 0 Å². The average molecular weight is 428 g/mol. The second kappa shape index (κ2) is 8.34. The van der Waals surface area contributed by atoms with Gasteiger partial charge in [0, 0.05) is 22.3 Å². The molecule has 1 aliphatic heterocycles. The van der Waals surface area contributed by atoms with Crippen LogP contribution in [0.1, 0.15) is 0 Å². The van der Waals surface area contributed by atoms with Crippen LogP contribution in [0.4, 0.5) is 11.4 Å². The molecule has 0 amide bonds. The molecule has 2 heterocycles. The van der Waals surface area contributed by atoms with Crippen molar-refractivity contribution in [1.29, 1.82) is 0 Å². The molecule has 6 heteroatoms. The quantitative estimate of drug-likeness (QED) is 0.419. The predicted octanol–water partition coefficient (Wildman–Crippen LogP) is 6.04. The van der Waals surface area contributed by atoms with Gasteiger partial charge in [-0.3, -0.25) is 0 Å². The van der Waals surface area contributed by atoms with E-state index in [-0.39, 0.29) is 5.50 Å². The Morgan fingerprint density at radius 2 is 1.74 bits per heavy atom. The molecule has 154 valence electrons. The largest absolute Gasteiger partial charge is 0.497 e. The van der Waals surface area contributed by atoms with Gasteiger partial charge in [0.1, 0.15) is 17.0 Å². The number of para-hydroxylation sites is 1. The van der Waals surface area contributed by atoms with Gasteiger partial charge in [0.2, 0.25) is 5.88 Å². The van der Waals surface area contributed by atoms with Gasteiger partial charge >= 0.3 is 0 Å². The molecular weight excluding hydrogens is 406 g/mol. The van der Waals surface area contributed by atoms with Crippen LogP contribution in [0.5, 0.6) is 17.4 Å². The summed E-state index contributed by atoms with van der Waals surface area (Å²) >= 11 is 1.66. The number of fused-ring (bicyclic) bond motifs is 1. The van der Waals surface area contributed by atoms with Crippen molar-refractivity contribution < 1.29 is 9.47 Å². The highest BCUT2D eigenvalue weighted by atomic mass is 32.2. The molecule has 1 atom stereocenters. The highest BCUT2D eigenvalue weighted by Gasteiger charge is 2.28. The number of pyridine rings is 1. The molecule has 0 fully saturated rings. The van der Waals surface area contributed by atoms with Gasteiger partial charge in [-0.2, -0.15) is 0 Å². The van der Waals surface area contributed by atoms with Crippen LogP contribution in [0.25, 0.3) is 11.1 Å². The Morgan fingerprint density at radius 1 is 0.903 bits per heavy atom. The monoisotopic (exact) mass is 427 g/mol. The van der Waals surface area contributed by atoms with Crippen LogP contribution in [0, 0.1) is 0 Å². The summed E-state index contributed by atoms with van der Waals surface area (Å²) in [6.45, 7) is 0. The summed E-state index contributed by atoms with van der Waals surface area (Å²) in [7, 11) is 1.66. The van der Waals surface area contributed by atoms with Crippen molar-refractivity contribution in [3.63, 3.8) is 0 Å². The lowest BCUT2D eigenvalue weighted by Crippen LogP contribution is -2.31. The number of methoxy groups -OCH3 is 1. The molecule has 1 unspecified atom stereocenters. The molecule has 5 rings (SSSR count). The smallest absolute Gasteiger partial charge is 0.227 e. The highest BCUT2D eigenvalue weighted by molar-refractivity contribution is 8.00. The van der Waals surface area contributed by atoms with Crippen LogP contribution in [-0.4, -0.2) is 17.6 Å². The fraction of sp³-hybridized carbons (Fsp3) is 0.0800. The maximum atomic E-state index is 6.37. The van der Waals surface area contributed by atoms with Crippen LogP contribution in [0.2, 0.25) is 0 Å². The summed E-state index contributed by atoms with van der Waals surface area (Å²) in [6.07, 6.45) is 1.73. The first-order valence-electron chi connectivity index (χ1n) is 9.91. The molecule has 0 spiro atoms. The fourth-order valence-electron chi connectivity index (χ4n) is 3.63. The van der Waals surface area contributed by atoms with Crippen LogP contribution in [0.15, 0.2) is 96.0 Å². The maximum Gasteiger partial charge on any atom is 0.227 e. The van der Waals surface area contributed by atoms with Crippen LogP contribution in [0.3, 0.4) is 0 Å². The van der Waals surface area contributed by atoms with E-state index in [1.54, 1.807) is 25.1 Å². The average Bonchev–Trinajstić information content (AvgIpc) is 3.16. The van der Waals surface area contributed by atoms with Crippen molar-refractivity contribution >= 4 is 23.1 Å². The van der Waals surface area contributed by atoms with Gasteiger partial charge in [-0.1, -0.05) is 36.0 Å². The lowest BCUT2D eigenvalue weighted by atomic mass is 10.1. The van der Waals surface area contributed by atoms with E-state index in [0.717, 1.165) is 28.3 Å². The molecule has 0 radical (unpaired) electrons. The third-order valence-electron chi connectivity index (χ3n) is 5.11. The molecule has 0 saturated heterocycles. The zero-order valence-corrected chi connectivity index (χ0v) is 17.8. The molecule has 0 bridgehead atoms. The van der Waals surface area contributed by atoms with E-state index in [9.17, 15) is 0 Å². The topological polar surface area (TPSA) is 60.6 Å². The van der Waals surface area contributed by atoms with Gasteiger partial charge in [0.15, 0.2) is 0 Å². The molecule has 0 saturated carbocycles. The van der Waals surface area contributed by atoms with E-state index in [4.69, 9.17) is 15.2 Å². The highest BCUT2D eigenvalue weighted by Crippen LogP contribution is 2.45. The van der Waals surface area contributed by atoms with E-state index in [0.29, 0.717) is 11.6 Å². The fourth-order valence-corrected chi connectivity index (χ4v) is 4.68. The van der Waals surface area contributed by atoms with Crippen molar-refractivity contribution in [2.45, 2.75) is 10.4 Å². The van der Waals surface area contributed by atoms with E-state index < -0.39 is 0 Å². The number of rotatable bonds is 5. The Bertz CT molecular complexity index is 1210. The number of anilines is 2. The summed E-state index contributed by atoms with van der Waals surface area (Å²) in [4.78, 5) is 7.77. The Balaban J connectivity index is 1.41. The van der Waals surface area contributed by atoms with E-state index >= 15 is 0 Å². The Labute approximate surface area is 185 Å². The number of thioether (sulfide) groups is 1. The first kappa shape index (κ1) is 19.5. The van der Waals surface area contributed by atoms with Crippen molar-refractivity contribution in [3.05, 3.63) is 91.1 Å². The second-order valence-electron chi connectivity index (χ2n) is 7.03. The van der Waals surface area contributed by atoms with Gasteiger partial charge in [-0.25, -0.2) is 4.98 Å². The zero-order valence-electron chi connectivity index (χ0n) is 16.9. The van der Waals surface area contributed by atoms with Gasteiger partial charge in [-0.15, -0.1) is 0 Å². The third kappa shape index (κ3) is 3.83. The molecule has 1 aromatic heterocycles. The van der Waals surface area contributed by atoms with Crippen LogP contribution < -0.4 is 20.1 Å². The zero-order chi connectivity index (χ0) is 21.2. The molecule has 2 N–H and O–H groups in total. The number of nitrogens with two attached hydrogens (primary N) is 1. The van der Waals surface area contributed by atoms with Gasteiger partial charge in [-0.05, 0) is 66.2 Å². The van der Waals surface area contributed by atoms with Gasteiger partial charge in [0.05, 0.1) is 12.8 Å². The number of nitrogens with zero attached hydrogens (tertiary/aromatic N) is 2. The maximum absolute atomic E-state index is 6.37. The van der Waals surface area contributed by atoms with Gasteiger partial charge < -0.3 is 20.1 Å². The molecular formula is C25H21N3O2S.